The molecule has 0 aromatic rings. The van der Waals surface area contributed by atoms with Crippen molar-refractivity contribution in [1.29, 1.82) is 0 Å². The molecule has 0 radical (unpaired) electrons. The maximum absolute atomic E-state index is 11.6. The van der Waals surface area contributed by atoms with E-state index < -0.39 is 0 Å². The summed E-state index contributed by atoms with van der Waals surface area (Å²) in [7, 11) is 0. The average molecular weight is 198 g/mol. The summed E-state index contributed by atoms with van der Waals surface area (Å²) in [5, 5.41) is 0. The second-order valence-corrected chi connectivity index (χ2v) is 5.13. The summed E-state index contributed by atoms with van der Waals surface area (Å²) in [6.45, 7) is 8.53. The van der Waals surface area contributed by atoms with Gasteiger partial charge < -0.3 is 0 Å². The van der Waals surface area contributed by atoms with E-state index in [1.54, 1.807) is 0 Å². The minimum Gasteiger partial charge on any atom is -0.299 e. The van der Waals surface area contributed by atoms with E-state index in [0.29, 0.717) is 11.7 Å². The Morgan fingerprint density at radius 1 is 1.29 bits per heavy atom. The van der Waals surface area contributed by atoms with Crippen LogP contribution in [0.1, 0.15) is 54.4 Å². The third-order valence-electron chi connectivity index (χ3n) is 2.97. The summed E-state index contributed by atoms with van der Waals surface area (Å²) in [5.41, 5.74) is 0. The Morgan fingerprint density at radius 2 is 1.86 bits per heavy atom. The van der Waals surface area contributed by atoms with Crippen LogP contribution in [-0.4, -0.2) is 5.78 Å². The summed E-state index contributed by atoms with van der Waals surface area (Å²) < 4.78 is 0. The molecule has 1 nitrogen and oxygen atoms in total. The first-order valence-corrected chi connectivity index (χ1v) is 5.56. The van der Waals surface area contributed by atoms with E-state index >= 15 is 0 Å². The molecule has 1 aliphatic rings. The van der Waals surface area contributed by atoms with E-state index in [4.69, 9.17) is 0 Å². The van der Waals surface area contributed by atoms with Crippen molar-refractivity contribution in [3.8, 4) is 0 Å². The number of Topliss-reactive ketones (excluding diaryl/α,β-unsaturated/α-hetero) is 1. The molecule has 2 atom stereocenters. The molecule has 0 spiro atoms. The predicted octanol–water partition coefficient (Wildman–Crippen LogP) is 3.92. The van der Waals surface area contributed by atoms with E-state index in [2.05, 4.69) is 13.8 Å². The highest BCUT2D eigenvalue weighted by atomic mass is 16.1. The van der Waals surface area contributed by atoms with Crippen LogP contribution in [-0.2, 0) is 4.79 Å². The molecular weight excluding hydrogens is 172 g/mol. The molecule has 14 heavy (non-hydrogen) atoms. The minimum atomic E-state index is 0. The lowest BCUT2D eigenvalue weighted by Gasteiger charge is -2.04. The van der Waals surface area contributed by atoms with Gasteiger partial charge in [-0.3, -0.25) is 4.79 Å². The standard InChI is InChI=1S/C12H22O.CH4/c1-8(2)5-6-10-7-11(10)12(13)9(3)4;/h8-11H,5-7H2,1-4H3;1H4. The summed E-state index contributed by atoms with van der Waals surface area (Å²) in [6, 6.07) is 0. The van der Waals surface area contributed by atoms with Gasteiger partial charge in [-0.05, 0) is 24.7 Å². The van der Waals surface area contributed by atoms with E-state index in [0.717, 1.165) is 11.8 Å². The maximum atomic E-state index is 11.6. The number of ketones is 1. The molecular formula is C13H26O. The second-order valence-electron chi connectivity index (χ2n) is 5.13. The predicted molar refractivity (Wildman–Crippen MR) is 62.2 cm³/mol. The Balaban J connectivity index is 0.00000169. The number of carbonyl (C=O) groups is 1. The molecule has 0 saturated heterocycles. The van der Waals surface area contributed by atoms with E-state index in [9.17, 15) is 4.79 Å². The molecule has 1 saturated carbocycles. The summed E-state index contributed by atoms with van der Waals surface area (Å²) >= 11 is 0. The van der Waals surface area contributed by atoms with E-state index in [1.807, 2.05) is 13.8 Å². The van der Waals surface area contributed by atoms with Crippen molar-refractivity contribution in [3.63, 3.8) is 0 Å². The molecule has 0 aliphatic heterocycles. The van der Waals surface area contributed by atoms with Gasteiger partial charge in [0.15, 0.2) is 0 Å². The molecule has 0 heterocycles. The lowest BCUT2D eigenvalue weighted by molar-refractivity contribution is -0.123. The number of hydrogen-bond acceptors (Lipinski definition) is 1. The second kappa shape index (κ2) is 5.53. The highest BCUT2D eigenvalue weighted by Gasteiger charge is 2.42. The monoisotopic (exact) mass is 198 g/mol. The number of carbonyl (C=O) groups excluding carboxylic acids is 1. The molecule has 0 amide bonds. The summed E-state index contributed by atoms with van der Waals surface area (Å²) in [6.07, 6.45) is 3.72. The van der Waals surface area contributed by atoms with Gasteiger partial charge in [0.1, 0.15) is 5.78 Å². The third kappa shape index (κ3) is 3.81. The zero-order valence-electron chi connectivity index (χ0n) is 9.34. The van der Waals surface area contributed by atoms with E-state index in [-0.39, 0.29) is 13.3 Å². The average Bonchev–Trinajstić information content (AvgIpc) is 2.78. The highest BCUT2D eigenvalue weighted by Crippen LogP contribution is 2.44. The summed E-state index contributed by atoms with van der Waals surface area (Å²) in [5.74, 6) is 2.69. The van der Waals surface area contributed by atoms with Crippen molar-refractivity contribution in [2.24, 2.45) is 23.7 Å². The first-order chi connectivity index (χ1) is 6.02. The molecule has 84 valence electrons. The van der Waals surface area contributed by atoms with Crippen LogP contribution in [0, 0.1) is 23.7 Å². The smallest absolute Gasteiger partial charge is 0.138 e. The normalized spacial score (nSPS) is 25.0. The Kier molecular flexibility index (Phi) is 5.40. The highest BCUT2D eigenvalue weighted by molar-refractivity contribution is 5.85. The zero-order valence-corrected chi connectivity index (χ0v) is 9.34. The van der Waals surface area contributed by atoms with Gasteiger partial charge in [-0.1, -0.05) is 41.5 Å². The van der Waals surface area contributed by atoms with Crippen LogP contribution < -0.4 is 0 Å². The molecule has 0 bridgehead atoms. The van der Waals surface area contributed by atoms with Crippen LogP contribution in [0.3, 0.4) is 0 Å². The summed E-state index contributed by atoms with van der Waals surface area (Å²) in [4.78, 5) is 11.6. The van der Waals surface area contributed by atoms with Gasteiger partial charge in [-0.15, -0.1) is 0 Å². The Hall–Kier alpha value is -0.330. The van der Waals surface area contributed by atoms with Gasteiger partial charge in [-0.2, -0.15) is 0 Å². The molecule has 0 N–H and O–H groups in total. The van der Waals surface area contributed by atoms with Crippen LogP contribution >= 0.6 is 0 Å². The van der Waals surface area contributed by atoms with Crippen LogP contribution in [0.4, 0.5) is 0 Å². The van der Waals surface area contributed by atoms with Gasteiger partial charge in [0.2, 0.25) is 0 Å². The lowest BCUT2D eigenvalue weighted by atomic mass is 10.0. The van der Waals surface area contributed by atoms with Crippen molar-refractivity contribution in [3.05, 3.63) is 0 Å². The Morgan fingerprint density at radius 3 is 2.29 bits per heavy atom. The first kappa shape index (κ1) is 13.7. The van der Waals surface area contributed by atoms with Crippen molar-refractivity contribution >= 4 is 5.78 Å². The van der Waals surface area contributed by atoms with Gasteiger partial charge in [0, 0.05) is 11.8 Å². The lowest BCUT2D eigenvalue weighted by Crippen LogP contribution is -2.10. The largest absolute Gasteiger partial charge is 0.299 e. The SMILES string of the molecule is C.CC(C)CCC1CC1C(=O)C(C)C. The fourth-order valence-corrected chi connectivity index (χ4v) is 1.89. The van der Waals surface area contributed by atoms with Crippen molar-refractivity contribution in [2.45, 2.75) is 54.4 Å². The fourth-order valence-electron chi connectivity index (χ4n) is 1.89. The van der Waals surface area contributed by atoms with Crippen LogP contribution in [0.5, 0.6) is 0 Å². The molecule has 1 aliphatic carbocycles. The molecule has 1 heteroatoms. The molecule has 2 unspecified atom stereocenters. The van der Waals surface area contributed by atoms with Crippen molar-refractivity contribution in [2.75, 3.05) is 0 Å². The maximum Gasteiger partial charge on any atom is 0.138 e. The zero-order chi connectivity index (χ0) is 10.0. The molecule has 0 aromatic carbocycles. The molecule has 0 aromatic heterocycles. The number of rotatable bonds is 5. The van der Waals surface area contributed by atoms with Crippen molar-refractivity contribution < 1.29 is 4.79 Å². The van der Waals surface area contributed by atoms with Gasteiger partial charge in [0.05, 0.1) is 0 Å². The quantitative estimate of drug-likeness (QED) is 0.654. The van der Waals surface area contributed by atoms with Gasteiger partial charge >= 0.3 is 0 Å². The third-order valence-corrected chi connectivity index (χ3v) is 2.97. The Bertz CT molecular complexity index is 182. The Labute approximate surface area is 89.3 Å². The molecule has 1 fully saturated rings. The van der Waals surface area contributed by atoms with Gasteiger partial charge in [0.25, 0.3) is 0 Å². The molecule has 1 rings (SSSR count). The number of hydrogen-bond donors (Lipinski definition) is 0. The van der Waals surface area contributed by atoms with Crippen molar-refractivity contribution in [1.82, 2.24) is 0 Å². The van der Waals surface area contributed by atoms with E-state index in [1.165, 1.54) is 19.3 Å². The van der Waals surface area contributed by atoms with Crippen LogP contribution in [0.2, 0.25) is 0 Å². The van der Waals surface area contributed by atoms with Crippen LogP contribution in [0.15, 0.2) is 0 Å². The minimum absolute atomic E-state index is 0. The topological polar surface area (TPSA) is 17.1 Å². The fraction of sp³-hybridized carbons (Fsp3) is 0.923. The van der Waals surface area contributed by atoms with Gasteiger partial charge in [-0.25, -0.2) is 0 Å². The first-order valence-electron chi connectivity index (χ1n) is 5.56. The van der Waals surface area contributed by atoms with Crippen LogP contribution in [0.25, 0.3) is 0 Å².